The third-order valence-corrected chi connectivity index (χ3v) is 5.02. The van der Waals surface area contributed by atoms with Crippen molar-refractivity contribution in [3.05, 3.63) is 59.4 Å². The molecule has 1 fully saturated rings. The summed E-state index contributed by atoms with van der Waals surface area (Å²) in [5.41, 5.74) is 2.45. The third kappa shape index (κ3) is 4.99. The number of methoxy groups -OCH3 is 1. The number of halogens is 1. The van der Waals surface area contributed by atoms with Crippen molar-refractivity contribution in [2.75, 3.05) is 20.3 Å². The van der Waals surface area contributed by atoms with Crippen LogP contribution in [-0.4, -0.2) is 20.3 Å². The van der Waals surface area contributed by atoms with Gasteiger partial charge in [-0.3, -0.25) is 0 Å². The molecule has 2 aromatic rings. The van der Waals surface area contributed by atoms with Crippen molar-refractivity contribution in [2.45, 2.75) is 37.6 Å². The first-order valence-electron chi connectivity index (χ1n) is 9.30. The molecule has 0 saturated heterocycles. The Morgan fingerprint density at radius 1 is 1.15 bits per heavy atom. The summed E-state index contributed by atoms with van der Waals surface area (Å²) < 4.78 is 24.3. The lowest BCUT2D eigenvalue weighted by atomic mass is 9.96. The molecule has 0 unspecified atom stereocenters. The van der Waals surface area contributed by atoms with Crippen molar-refractivity contribution < 1.29 is 13.9 Å². The maximum Gasteiger partial charge on any atom is 0.161 e. The number of unbranched alkanes of at least 4 members (excludes halogenated alkanes) is 1. The van der Waals surface area contributed by atoms with Gasteiger partial charge in [-0.05, 0) is 54.7 Å². The van der Waals surface area contributed by atoms with Gasteiger partial charge in [0.25, 0.3) is 0 Å². The van der Waals surface area contributed by atoms with E-state index in [1.54, 1.807) is 7.11 Å². The third-order valence-electron chi connectivity index (χ3n) is 5.02. The predicted octanol–water partition coefficient (Wildman–Crippen LogP) is 4.34. The van der Waals surface area contributed by atoms with Crippen LogP contribution >= 0.6 is 0 Å². The van der Waals surface area contributed by atoms with Gasteiger partial charge in [0.2, 0.25) is 0 Å². The molecule has 4 nitrogen and oxygen atoms in total. The second kappa shape index (κ2) is 8.88. The van der Waals surface area contributed by atoms with Crippen molar-refractivity contribution in [3.8, 4) is 17.6 Å². The number of hydrogen-bond donors (Lipinski definition) is 1. The number of nitriles is 1. The molecule has 0 amide bonds. The molecule has 142 valence electrons. The highest BCUT2D eigenvalue weighted by Gasteiger charge is 2.43. The van der Waals surface area contributed by atoms with E-state index in [9.17, 15) is 4.39 Å². The Hall–Kier alpha value is -2.58. The molecule has 1 N–H and O–H groups in total. The molecule has 2 aromatic carbocycles. The van der Waals surface area contributed by atoms with Crippen LogP contribution in [0, 0.1) is 17.1 Å². The first-order chi connectivity index (χ1) is 13.2. The molecule has 1 saturated carbocycles. The van der Waals surface area contributed by atoms with Gasteiger partial charge in [-0.25, -0.2) is 4.39 Å². The molecule has 5 heteroatoms. The van der Waals surface area contributed by atoms with Gasteiger partial charge in [0.15, 0.2) is 11.5 Å². The van der Waals surface area contributed by atoms with E-state index < -0.39 is 0 Å². The van der Waals surface area contributed by atoms with Crippen LogP contribution in [0.5, 0.6) is 11.5 Å². The van der Waals surface area contributed by atoms with Crippen LogP contribution in [0.2, 0.25) is 0 Å². The molecule has 0 radical (unpaired) electrons. The minimum Gasteiger partial charge on any atom is -0.493 e. The van der Waals surface area contributed by atoms with E-state index in [0.29, 0.717) is 30.9 Å². The highest BCUT2D eigenvalue weighted by Crippen LogP contribution is 2.47. The van der Waals surface area contributed by atoms with Crippen LogP contribution in [0.3, 0.4) is 0 Å². The SMILES string of the molecule is COc1ccc(CNCC2(c3ccc(F)cc3)CC2)cc1OCCCC#N. The van der Waals surface area contributed by atoms with E-state index >= 15 is 0 Å². The van der Waals surface area contributed by atoms with Gasteiger partial charge in [-0.15, -0.1) is 0 Å². The van der Waals surface area contributed by atoms with Crippen LogP contribution in [0.4, 0.5) is 4.39 Å². The predicted molar refractivity (Wildman–Crippen MR) is 102 cm³/mol. The lowest BCUT2D eigenvalue weighted by Crippen LogP contribution is -2.26. The van der Waals surface area contributed by atoms with E-state index in [2.05, 4.69) is 11.4 Å². The van der Waals surface area contributed by atoms with Gasteiger partial charge in [0.1, 0.15) is 5.82 Å². The summed E-state index contributed by atoms with van der Waals surface area (Å²) in [5, 5.41) is 12.1. The van der Waals surface area contributed by atoms with Crippen LogP contribution < -0.4 is 14.8 Å². The molecule has 3 rings (SSSR count). The molecule has 1 aliphatic rings. The molecular weight excluding hydrogens is 343 g/mol. The van der Waals surface area contributed by atoms with Crippen LogP contribution in [0.1, 0.15) is 36.8 Å². The molecule has 0 heterocycles. The number of nitrogens with one attached hydrogen (secondary N) is 1. The Balaban J connectivity index is 1.56. The van der Waals surface area contributed by atoms with E-state index in [1.165, 1.54) is 17.7 Å². The lowest BCUT2D eigenvalue weighted by molar-refractivity contribution is 0.290. The summed E-state index contributed by atoms with van der Waals surface area (Å²) in [4.78, 5) is 0. The first kappa shape index (κ1) is 19.2. The summed E-state index contributed by atoms with van der Waals surface area (Å²) in [7, 11) is 1.62. The summed E-state index contributed by atoms with van der Waals surface area (Å²) >= 11 is 0. The fourth-order valence-electron chi connectivity index (χ4n) is 3.25. The summed E-state index contributed by atoms with van der Waals surface area (Å²) in [6, 6.07) is 14.9. The maximum atomic E-state index is 13.1. The fourth-order valence-corrected chi connectivity index (χ4v) is 3.25. The summed E-state index contributed by atoms with van der Waals surface area (Å²) in [6.07, 6.45) is 3.43. The molecule has 1 aliphatic carbocycles. The highest BCUT2D eigenvalue weighted by atomic mass is 19.1. The van der Waals surface area contributed by atoms with Crippen molar-refractivity contribution >= 4 is 0 Å². The zero-order chi connectivity index (χ0) is 19.1. The van der Waals surface area contributed by atoms with Gasteiger partial charge in [-0.1, -0.05) is 18.2 Å². The lowest BCUT2D eigenvalue weighted by Gasteiger charge is -2.17. The largest absolute Gasteiger partial charge is 0.493 e. The zero-order valence-electron chi connectivity index (χ0n) is 15.6. The summed E-state index contributed by atoms with van der Waals surface area (Å²) in [5.74, 6) is 1.21. The van der Waals surface area contributed by atoms with E-state index in [4.69, 9.17) is 14.7 Å². The molecule has 0 aromatic heterocycles. The number of nitrogens with zero attached hydrogens (tertiary/aromatic N) is 1. The average Bonchev–Trinajstić information content (AvgIpc) is 3.47. The van der Waals surface area contributed by atoms with Crippen molar-refractivity contribution in [1.29, 1.82) is 5.26 Å². The second-order valence-electron chi connectivity index (χ2n) is 6.99. The maximum absolute atomic E-state index is 13.1. The molecule has 0 aliphatic heterocycles. The smallest absolute Gasteiger partial charge is 0.161 e. The highest BCUT2D eigenvalue weighted by molar-refractivity contribution is 5.43. The molecular formula is C22H25FN2O2. The molecule has 0 spiro atoms. The van der Waals surface area contributed by atoms with Crippen LogP contribution in [-0.2, 0) is 12.0 Å². The van der Waals surface area contributed by atoms with Crippen molar-refractivity contribution in [1.82, 2.24) is 5.32 Å². The summed E-state index contributed by atoms with van der Waals surface area (Å²) in [6.45, 7) is 2.08. The molecule has 27 heavy (non-hydrogen) atoms. The van der Waals surface area contributed by atoms with Gasteiger partial charge in [0, 0.05) is 24.9 Å². The average molecular weight is 368 g/mol. The van der Waals surface area contributed by atoms with Crippen molar-refractivity contribution in [2.24, 2.45) is 0 Å². The number of benzene rings is 2. The minimum absolute atomic E-state index is 0.136. The van der Waals surface area contributed by atoms with Crippen LogP contribution in [0.15, 0.2) is 42.5 Å². The van der Waals surface area contributed by atoms with Crippen molar-refractivity contribution in [3.63, 3.8) is 0 Å². The van der Waals surface area contributed by atoms with E-state index in [-0.39, 0.29) is 11.2 Å². The zero-order valence-corrected chi connectivity index (χ0v) is 15.6. The second-order valence-corrected chi connectivity index (χ2v) is 6.99. The van der Waals surface area contributed by atoms with Gasteiger partial charge in [-0.2, -0.15) is 5.26 Å². The fraction of sp³-hybridized carbons (Fsp3) is 0.409. The topological polar surface area (TPSA) is 54.3 Å². The Morgan fingerprint density at radius 3 is 2.59 bits per heavy atom. The molecule has 0 bridgehead atoms. The first-order valence-corrected chi connectivity index (χ1v) is 9.30. The Bertz CT molecular complexity index is 795. The number of rotatable bonds is 10. The Morgan fingerprint density at radius 2 is 1.93 bits per heavy atom. The number of ether oxygens (including phenoxy) is 2. The van der Waals surface area contributed by atoms with Gasteiger partial charge < -0.3 is 14.8 Å². The van der Waals surface area contributed by atoms with Gasteiger partial charge >= 0.3 is 0 Å². The van der Waals surface area contributed by atoms with Gasteiger partial charge in [0.05, 0.1) is 19.8 Å². The van der Waals surface area contributed by atoms with Crippen LogP contribution in [0.25, 0.3) is 0 Å². The number of hydrogen-bond acceptors (Lipinski definition) is 4. The normalized spacial score (nSPS) is 14.4. The quantitative estimate of drug-likeness (QED) is 0.634. The van der Waals surface area contributed by atoms with E-state index in [0.717, 1.165) is 31.5 Å². The minimum atomic E-state index is -0.192. The monoisotopic (exact) mass is 368 g/mol. The Labute approximate surface area is 159 Å². The molecule has 0 atom stereocenters. The Kier molecular flexibility index (Phi) is 6.31. The van der Waals surface area contributed by atoms with E-state index in [1.807, 2.05) is 30.3 Å². The standard InChI is InChI=1S/C22H25FN2O2/c1-26-20-9-4-17(14-21(20)27-13-3-2-12-24)15-25-16-22(10-11-22)18-5-7-19(23)8-6-18/h4-9,14,25H,2-3,10-11,13,15-16H2,1H3.